The van der Waals surface area contributed by atoms with Crippen molar-refractivity contribution in [2.75, 3.05) is 7.11 Å². The first kappa shape index (κ1) is 16.0. The molecular formula is C16H15N3O4S. The SMILES string of the molecule is COc1ccc2[nH]c(C(=O)N(N)S(=O)(=O)c3ccccc3)cc2c1. The summed E-state index contributed by atoms with van der Waals surface area (Å²) in [4.78, 5) is 15.3. The van der Waals surface area contributed by atoms with Gasteiger partial charge in [-0.1, -0.05) is 18.2 Å². The van der Waals surface area contributed by atoms with E-state index < -0.39 is 15.9 Å². The largest absolute Gasteiger partial charge is 0.497 e. The van der Waals surface area contributed by atoms with Crippen LogP contribution in [0.4, 0.5) is 0 Å². The summed E-state index contributed by atoms with van der Waals surface area (Å²) in [6.07, 6.45) is 0. The number of nitrogens with zero attached hydrogens (tertiary/aromatic N) is 1. The van der Waals surface area contributed by atoms with Crippen molar-refractivity contribution in [2.45, 2.75) is 4.90 Å². The summed E-state index contributed by atoms with van der Waals surface area (Å²) < 4.78 is 30.2. The normalized spacial score (nSPS) is 11.4. The van der Waals surface area contributed by atoms with Crippen LogP contribution in [0.15, 0.2) is 59.5 Å². The zero-order valence-electron chi connectivity index (χ0n) is 12.8. The van der Waals surface area contributed by atoms with E-state index >= 15 is 0 Å². The van der Waals surface area contributed by atoms with Gasteiger partial charge in [-0.25, -0.2) is 5.84 Å². The molecule has 0 bridgehead atoms. The first-order chi connectivity index (χ1) is 11.4. The lowest BCUT2D eigenvalue weighted by Crippen LogP contribution is -2.42. The second kappa shape index (κ2) is 5.99. The molecule has 0 unspecified atom stereocenters. The van der Waals surface area contributed by atoms with Crippen molar-refractivity contribution in [3.63, 3.8) is 0 Å². The van der Waals surface area contributed by atoms with Crippen LogP contribution >= 0.6 is 0 Å². The number of fused-ring (bicyclic) bond motifs is 1. The molecule has 3 aromatic rings. The van der Waals surface area contributed by atoms with E-state index in [1.807, 2.05) is 0 Å². The molecule has 1 amide bonds. The number of hydrogen-bond acceptors (Lipinski definition) is 5. The molecule has 8 heteroatoms. The standard InChI is InChI=1S/C16H15N3O4S/c1-23-12-7-8-14-11(9-12)10-15(18-14)16(20)19(17)24(21,22)13-5-3-2-4-6-13/h2-10,18H,17H2,1H3. The highest BCUT2D eigenvalue weighted by atomic mass is 32.2. The van der Waals surface area contributed by atoms with Gasteiger partial charge in [0, 0.05) is 10.9 Å². The van der Waals surface area contributed by atoms with E-state index in [9.17, 15) is 13.2 Å². The smallest absolute Gasteiger partial charge is 0.298 e. The molecule has 0 spiro atoms. The predicted molar refractivity (Wildman–Crippen MR) is 88.8 cm³/mol. The molecule has 3 N–H and O–H groups in total. The van der Waals surface area contributed by atoms with Gasteiger partial charge in [0.2, 0.25) is 0 Å². The molecule has 24 heavy (non-hydrogen) atoms. The summed E-state index contributed by atoms with van der Waals surface area (Å²) in [5, 5.41) is 0.711. The van der Waals surface area contributed by atoms with Gasteiger partial charge >= 0.3 is 0 Å². The molecule has 0 saturated heterocycles. The van der Waals surface area contributed by atoms with Crippen molar-refractivity contribution in [3.05, 3.63) is 60.3 Å². The van der Waals surface area contributed by atoms with Crippen LogP contribution in [0.2, 0.25) is 0 Å². The molecule has 0 aliphatic heterocycles. The van der Waals surface area contributed by atoms with E-state index in [2.05, 4.69) is 4.98 Å². The number of sulfonamides is 1. The van der Waals surface area contributed by atoms with E-state index in [0.29, 0.717) is 16.7 Å². The number of hydrogen-bond donors (Lipinski definition) is 2. The summed E-state index contributed by atoms with van der Waals surface area (Å²) in [6, 6.07) is 14.3. The van der Waals surface area contributed by atoms with E-state index in [4.69, 9.17) is 10.6 Å². The quantitative estimate of drug-likeness (QED) is 0.427. The molecule has 7 nitrogen and oxygen atoms in total. The summed E-state index contributed by atoms with van der Waals surface area (Å²) in [5.74, 6) is 5.36. The van der Waals surface area contributed by atoms with E-state index in [0.717, 1.165) is 0 Å². The Morgan fingerprint density at radius 3 is 2.50 bits per heavy atom. The van der Waals surface area contributed by atoms with Gasteiger partial charge < -0.3 is 9.72 Å². The zero-order chi connectivity index (χ0) is 17.3. The molecule has 0 fully saturated rings. The third-order valence-electron chi connectivity index (χ3n) is 3.56. The van der Waals surface area contributed by atoms with Crippen LogP contribution in [-0.4, -0.2) is 30.8 Å². The van der Waals surface area contributed by atoms with E-state index in [-0.39, 0.29) is 15.0 Å². The van der Waals surface area contributed by atoms with Crippen molar-refractivity contribution in [1.29, 1.82) is 0 Å². The Kier molecular flexibility index (Phi) is 4.00. The summed E-state index contributed by atoms with van der Waals surface area (Å²) >= 11 is 0. The summed E-state index contributed by atoms with van der Waals surface area (Å²) in [7, 11) is -2.58. The van der Waals surface area contributed by atoms with Gasteiger partial charge in [0.1, 0.15) is 11.4 Å². The highest BCUT2D eigenvalue weighted by Gasteiger charge is 2.28. The first-order valence-electron chi connectivity index (χ1n) is 6.99. The lowest BCUT2D eigenvalue weighted by atomic mass is 10.2. The monoisotopic (exact) mass is 345 g/mol. The zero-order valence-corrected chi connectivity index (χ0v) is 13.6. The van der Waals surface area contributed by atoms with Crippen LogP contribution in [0.1, 0.15) is 10.5 Å². The number of aromatic nitrogens is 1. The first-order valence-corrected chi connectivity index (χ1v) is 8.43. The second-order valence-electron chi connectivity index (χ2n) is 5.06. The molecule has 3 rings (SSSR count). The highest BCUT2D eigenvalue weighted by Crippen LogP contribution is 2.23. The minimum Gasteiger partial charge on any atom is -0.497 e. The molecular weight excluding hydrogens is 330 g/mol. The minimum absolute atomic E-state index is 0.0568. The lowest BCUT2D eigenvalue weighted by molar-refractivity contribution is 0.0857. The summed E-state index contributed by atoms with van der Waals surface area (Å²) in [6.45, 7) is 0. The van der Waals surface area contributed by atoms with Gasteiger partial charge in [-0.2, -0.15) is 12.8 Å². The third-order valence-corrected chi connectivity index (χ3v) is 5.11. The molecule has 0 aliphatic rings. The number of nitrogens with one attached hydrogen (secondary N) is 1. The molecule has 2 aromatic carbocycles. The number of methoxy groups -OCH3 is 1. The number of rotatable bonds is 4. The number of nitrogens with two attached hydrogens (primary N) is 1. The second-order valence-corrected chi connectivity index (χ2v) is 6.87. The molecule has 0 radical (unpaired) electrons. The molecule has 0 atom stereocenters. The Morgan fingerprint density at radius 1 is 1.12 bits per heavy atom. The lowest BCUT2D eigenvalue weighted by Gasteiger charge is -2.15. The fourth-order valence-corrected chi connectivity index (χ4v) is 3.33. The number of hydrazine groups is 1. The van der Waals surface area contributed by atoms with Crippen LogP contribution < -0.4 is 10.6 Å². The van der Waals surface area contributed by atoms with Crippen molar-refractivity contribution in [3.8, 4) is 5.75 Å². The Hall–Kier alpha value is -2.84. The van der Waals surface area contributed by atoms with Crippen LogP contribution in [0.3, 0.4) is 0 Å². The average molecular weight is 345 g/mol. The highest BCUT2D eigenvalue weighted by molar-refractivity contribution is 7.89. The maximum Gasteiger partial charge on any atom is 0.298 e. The fraction of sp³-hybridized carbons (Fsp3) is 0.0625. The van der Waals surface area contributed by atoms with Gasteiger partial charge in [-0.3, -0.25) is 4.79 Å². The molecule has 1 heterocycles. The number of H-pyrrole nitrogens is 1. The number of aromatic amines is 1. The van der Waals surface area contributed by atoms with Crippen LogP contribution in [0, 0.1) is 0 Å². The van der Waals surface area contributed by atoms with Crippen molar-refractivity contribution in [1.82, 2.24) is 9.40 Å². The van der Waals surface area contributed by atoms with Gasteiger partial charge in [0.15, 0.2) is 0 Å². The van der Waals surface area contributed by atoms with Gasteiger partial charge in [0.25, 0.3) is 15.9 Å². The number of ether oxygens (including phenoxy) is 1. The van der Waals surface area contributed by atoms with Gasteiger partial charge in [0.05, 0.1) is 12.0 Å². The number of benzene rings is 2. The van der Waals surface area contributed by atoms with Crippen LogP contribution in [-0.2, 0) is 10.0 Å². The Balaban J connectivity index is 1.96. The fourth-order valence-electron chi connectivity index (χ4n) is 2.29. The molecule has 0 aliphatic carbocycles. The average Bonchev–Trinajstić information content (AvgIpc) is 3.04. The Morgan fingerprint density at radius 2 is 1.83 bits per heavy atom. The van der Waals surface area contributed by atoms with Crippen molar-refractivity contribution < 1.29 is 17.9 Å². The number of carbonyl (C=O) groups is 1. The summed E-state index contributed by atoms with van der Waals surface area (Å²) in [5.41, 5.74) is 0.741. The number of amides is 1. The van der Waals surface area contributed by atoms with Gasteiger partial charge in [-0.05, 0) is 36.4 Å². The molecule has 124 valence electrons. The maximum atomic E-state index is 12.4. The third kappa shape index (κ3) is 2.72. The topological polar surface area (TPSA) is 105 Å². The van der Waals surface area contributed by atoms with Crippen molar-refractivity contribution >= 4 is 26.8 Å². The van der Waals surface area contributed by atoms with Crippen molar-refractivity contribution in [2.24, 2.45) is 5.84 Å². The Bertz CT molecular complexity index is 997. The molecule has 1 aromatic heterocycles. The minimum atomic E-state index is -4.12. The predicted octanol–water partition coefficient (Wildman–Crippen LogP) is 1.88. The van der Waals surface area contributed by atoms with Gasteiger partial charge in [-0.15, -0.1) is 0 Å². The van der Waals surface area contributed by atoms with Crippen LogP contribution in [0.25, 0.3) is 10.9 Å². The number of carbonyl (C=O) groups excluding carboxylic acids is 1. The maximum absolute atomic E-state index is 12.4. The van der Waals surface area contributed by atoms with E-state index in [1.165, 1.54) is 25.3 Å². The molecule has 0 saturated carbocycles. The van der Waals surface area contributed by atoms with E-state index in [1.54, 1.807) is 36.4 Å². The Labute approximate surface area is 138 Å². The van der Waals surface area contributed by atoms with Crippen LogP contribution in [0.5, 0.6) is 5.75 Å².